The molecule has 1 atom stereocenters. The first kappa shape index (κ1) is 13.4. The van der Waals surface area contributed by atoms with Crippen molar-refractivity contribution in [1.82, 2.24) is 15.5 Å². The summed E-state index contributed by atoms with van der Waals surface area (Å²) in [6.45, 7) is 3.65. The summed E-state index contributed by atoms with van der Waals surface area (Å²) >= 11 is 5.82. The van der Waals surface area contributed by atoms with E-state index in [2.05, 4.69) is 15.5 Å². The van der Waals surface area contributed by atoms with E-state index in [1.807, 2.05) is 19.1 Å². The Morgan fingerprint density at radius 2 is 2.05 bits per heavy atom. The number of aromatic amines is 1. The van der Waals surface area contributed by atoms with E-state index >= 15 is 0 Å². The Bertz CT molecular complexity index is 591. The number of aromatic nitrogens is 2. The minimum absolute atomic E-state index is 0.152. The molecule has 0 unspecified atom stereocenters. The molecule has 2 aromatic rings. The summed E-state index contributed by atoms with van der Waals surface area (Å²) in [4.78, 5) is 12.0. The second kappa shape index (κ2) is 5.32. The Hall–Kier alpha value is -2.01. The molecule has 0 spiro atoms. The fourth-order valence-corrected chi connectivity index (χ4v) is 1.84. The highest BCUT2D eigenvalue weighted by Crippen LogP contribution is 2.18. The number of H-pyrrole nitrogens is 1. The first-order valence-electron chi connectivity index (χ1n) is 5.86. The van der Waals surface area contributed by atoms with Crippen LogP contribution >= 0.6 is 11.6 Å². The number of carbonyl (C=O) groups is 1. The highest BCUT2D eigenvalue weighted by atomic mass is 35.5. The van der Waals surface area contributed by atoms with Crippen LogP contribution in [-0.2, 0) is 0 Å². The maximum Gasteiger partial charge on any atom is 0.274 e. The van der Waals surface area contributed by atoms with Gasteiger partial charge in [0.1, 0.15) is 0 Å². The number of amides is 1. The van der Waals surface area contributed by atoms with Crippen LogP contribution < -0.4 is 11.1 Å². The lowest BCUT2D eigenvalue weighted by atomic mass is 10.1. The molecule has 1 aromatic heterocycles. The number of rotatable bonds is 3. The number of hydrogen-bond acceptors (Lipinski definition) is 3. The molecule has 100 valence electrons. The summed E-state index contributed by atoms with van der Waals surface area (Å²) < 4.78 is 0. The fraction of sp³-hybridized carbons (Fsp3) is 0.231. The zero-order valence-corrected chi connectivity index (χ0v) is 11.5. The minimum Gasteiger partial charge on any atom is -0.395 e. The molecule has 0 saturated carbocycles. The van der Waals surface area contributed by atoms with Gasteiger partial charge in [-0.25, -0.2) is 0 Å². The molecule has 6 heteroatoms. The summed E-state index contributed by atoms with van der Waals surface area (Å²) in [6.07, 6.45) is 0. The monoisotopic (exact) mass is 278 g/mol. The molecule has 1 amide bonds. The van der Waals surface area contributed by atoms with Crippen molar-refractivity contribution in [3.05, 3.63) is 46.2 Å². The molecule has 1 aromatic carbocycles. The van der Waals surface area contributed by atoms with Crippen LogP contribution in [0.5, 0.6) is 0 Å². The smallest absolute Gasteiger partial charge is 0.274 e. The third-order valence-electron chi connectivity index (χ3n) is 2.93. The summed E-state index contributed by atoms with van der Waals surface area (Å²) in [5.41, 5.74) is 8.01. The second-order valence-corrected chi connectivity index (χ2v) is 4.79. The topological polar surface area (TPSA) is 83.8 Å². The number of aryl methyl sites for hydroxylation is 1. The molecule has 0 radical (unpaired) electrons. The standard InChI is InChI=1S/C13H15ClN4O/c1-7(9-3-5-10(14)6-4-9)16-13(19)12-11(15)8(2)17-18-12/h3-7H,15H2,1-2H3,(H,16,19)(H,17,18)/t7-/m1/s1. The van der Waals surface area contributed by atoms with Gasteiger partial charge < -0.3 is 11.1 Å². The van der Waals surface area contributed by atoms with Crippen molar-refractivity contribution in [2.45, 2.75) is 19.9 Å². The van der Waals surface area contributed by atoms with Gasteiger partial charge >= 0.3 is 0 Å². The fourth-order valence-electron chi connectivity index (χ4n) is 1.71. The first-order chi connectivity index (χ1) is 8.99. The van der Waals surface area contributed by atoms with Gasteiger partial charge in [-0.3, -0.25) is 9.89 Å². The summed E-state index contributed by atoms with van der Waals surface area (Å²) in [5, 5.41) is 10.1. The molecule has 0 aliphatic rings. The Balaban J connectivity index is 2.10. The SMILES string of the molecule is Cc1[nH]nc(C(=O)N[C@H](C)c2ccc(Cl)cc2)c1N. The first-order valence-corrected chi connectivity index (χ1v) is 6.23. The van der Waals surface area contributed by atoms with Gasteiger partial charge in [-0.2, -0.15) is 5.10 Å². The molecule has 4 N–H and O–H groups in total. The lowest BCUT2D eigenvalue weighted by Crippen LogP contribution is -2.27. The number of halogens is 1. The van der Waals surface area contributed by atoms with Crippen molar-refractivity contribution in [1.29, 1.82) is 0 Å². The molecular weight excluding hydrogens is 264 g/mol. The van der Waals surface area contributed by atoms with Gasteiger partial charge in [-0.05, 0) is 31.5 Å². The molecule has 2 rings (SSSR count). The van der Waals surface area contributed by atoms with Crippen molar-refractivity contribution >= 4 is 23.2 Å². The Morgan fingerprint density at radius 3 is 2.58 bits per heavy atom. The van der Waals surface area contributed by atoms with Crippen LogP contribution in [0.3, 0.4) is 0 Å². The molecule has 0 bridgehead atoms. The van der Waals surface area contributed by atoms with Crippen molar-refractivity contribution in [3.63, 3.8) is 0 Å². The second-order valence-electron chi connectivity index (χ2n) is 4.36. The Morgan fingerprint density at radius 1 is 1.42 bits per heavy atom. The summed E-state index contributed by atoms with van der Waals surface area (Å²) in [6, 6.07) is 7.15. The number of benzene rings is 1. The van der Waals surface area contributed by atoms with Crippen molar-refractivity contribution in [2.75, 3.05) is 5.73 Å². The van der Waals surface area contributed by atoms with Crippen molar-refractivity contribution in [2.24, 2.45) is 0 Å². The maximum absolute atomic E-state index is 12.0. The Kier molecular flexibility index (Phi) is 3.76. The quantitative estimate of drug-likeness (QED) is 0.806. The number of nitrogens with one attached hydrogen (secondary N) is 2. The highest BCUT2D eigenvalue weighted by Gasteiger charge is 2.17. The van der Waals surface area contributed by atoms with E-state index in [0.717, 1.165) is 5.56 Å². The molecule has 5 nitrogen and oxygen atoms in total. The van der Waals surface area contributed by atoms with E-state index < -0.39 is 0 Å². The summed E-state index contributed by atoms with van der Waals surface area (Å²) in [5.74, 6) is -0.302. The third-order valence-corrected chi connectivity index (χ3v) is 3.18. The van der Waals surface area contributed by atoms with Crippen molar-refractivity contribution in [3.8, 4) is 0 Å². The highest BCUT2D eigenvalue weighted by molar-refractivity contribution is 6.30. The molecule has 0 fully saturated rings. The van der Waals surface area contributed by atoms with Crippen LogP contribution in [0.2, 0.25) is 5.02 Å². The van der Waals surface area contributed by atoms with Gasteiger partial charge in [0.25, 0.3) is 5.91 Å². The van der Waals surface area contributed by atoms with Crippen LogP contribution in [0, 0.1) is 6.92 Å². The van der Waals surface area contributed by atoms with Gasteiger partial charge in [-0.1, -0.05) is 23.7 Å². The largest absolute Gasteiger partial charge is 0.395 e. The zero-order valence-electron chi connectivity index (χ0n) is 10.7. The van der Waals surface area contributed by atoms with Gasteiger partial charge in [0, 0.05) is 5.02 Å². The molecule has 0 saturated heterocycles. The molecule has 0 aliphatic heterocycles. The lowest BCUT2D eigenvalue weighted by Gasteiger charge is -2.13. The van der Waals surface area contributed by atoms with Crippen LogP contribution in [0.25, 0.3) is 0 Å². The normalized spacial score (nSPS) is 12.2. The van der Waals surface area contributed by atoms with Gasteiger partial charge in [0.15, 0.2) is 5.69 Å². The third kappa shape index (κ3) is 2.88. The number of carbonyl (C=O) groups excluding carboxylic acids is 1. The van der Waals surface area contributed by atoms with Crippen molar-refractivity contribution < 1.29 is 4.79 Å². The molecule has 0 aliphatic carbocycles. The Labute approximate surface area is 116 Å². The van der Waals surface area contributed by atoms with E-state index in [4.69, 9.17) is 17.3 Å². The maximum atomic E-state index is 12.0. The average Bonchev–Trinajstić information content (AvgIpc) is 2.70. The van der Waals surface area contributed by atoms with E-state index in [0.29, 0.717) is 16.4 Å². The van der Waals surface area contributed by atoms with Crippen LogP contribution in [-0.4, -0.2) is 16.1 Å². The van der Waals surface area contributed by atoms with E-state index in [9.17, 15) is 4.79 Å². The van der Waals surface area contributed by atoms with Crippen LogP contribution in [0.15, 0.2) is 24.3 Å². The van der Waals surface area contributed by atoms with Crippen LogP contribution in [0.1, 0.15) is 34.7 Å². The number of nitrogen functional groups attached to an aromatic ring is 1. The number of hydrogen-bond donors (Lipinski definition) is 3. The molecule has 1 heterocycles. The summed E-state index contributed by atoms with van der Waals surface area (Å²) in [7, 11) is 0. The molecular formula is C13H15ClN4O. The lowest BCUT2D eigenvalue weighted by molar-refractivity contribution is 0.0935. The van der Waals surface area contributed by atoms with Gasteiger partial charge in [0.05, 0.1) is 17.4 Å². The average molecular weight is 279 g/mol. The van der Waals surface area contributed by atoms with E-state index in [1.165, 1.54) is 0 Å². The number of nitrogens with zero attached hydrogens (tertiary/aromatic N) is 1. The van der Waals surface area contributed by atoms with Gasteiger partial charge in [0.2, 0.25) is 0 Å². The molecule has 19 heavy (non-hydrogen) atoms. The minimum atomic E-state index is -0.302. The predicted molar refractivity (Wildman–Crippen MR) is 75.1 cm³/mol. The van der Waals surface area contributed by atoms with Crippen LogP contribution in [0.4, 0.5) is 5.69 Å². The van der Waals surface area contributed by atoms with E-state index in [1.54, 1.807) is 19.1 Å². The van der Waals surface area contributed by atoms with Gasteiger partial charge in [-0.15, -0.1) is 0 Å². The number of nitrogens with two attached hydrogens (primary N) is 1. The zero-order chi connectivity index (χ0) is 14.0. The van der Waals surface area contributed by atoms with E-state index in [-0.39, 0.29) is 17.6 Å². The number of anilines is 1. The predicted octanol–water partition coefficient (Wildman–Crippen LogP) is 2.44.